The van der Waals surface area contributed by atoms with Crippen LogP contribution in [-0.4, -0.2) is 44.5 Å². The van der Waals surface area contributed by atoms with Crippen molar-refractivity contribution in [2.24, 2.45) is 13.0 Å². The number of hydrogen-bond donors (Lipinski definition) is 1. The van der Waals surface area contributed by atoms with E-state index in [0.29, 0.717) is 47.9 Å². The van der Waals surface area contributed by atoms with Crippen molar-refractivity contribution in [3.05, 3.63) is 62.4 Å². The van der Waals surface area contributed by atoms with E-state index in [1.165, 1.54) is 19.1 Å². The molecule has 0 radical (unpaired) electrons. The number of aryl methyl sites for hydroxylation is 2. The molecule has 186 valence electrons. The van der Waals surface area contributed by atoms with Crippen molar-refractivity contribution in [1.82, 2.24) is 14.5 Å². The van der Waals surface area contributed by atoms with Crippen molar-refractivity contribution < 1.29 is 27.9 Å². The van der Waals surface area contributed by atoms with Crippen LogP contribution in [0.1, 0.15) is 45.7 Å². The Hall–Kier alpha value is -2.78. The van der Waals surface area contributed by atoms with E-state index >= 15 is 0 Å². The number of fused-ring (bicyclic) bond motifs is 1. The molecule has 2 aromatic carbocycles. The van der Waals surface area contributed by atoms with Crippen LogP contribution in [0.2, 0.25) is 10.0 Å². The highest BCUT2D eigenvalue weighted by Gasteiger charge is 2.34. The molecule has 1 saturated heterocycles. The summed E-state index contributed by atoms with van der Waals surface area (Å²) >= 11 is 13.0. The Morgan fingerprint density at radius 1 is 1.14 bits per heavy atom. The molecule has 0 aliphatic carbocycles. The van der Waals surface area contributed by atoms with E-state index in [9.17, 15) is 27.9 Å². The van der Waals surface area contributed by atoms with Crippen molar-refractivity contribution in [3.8, 4) is 0 Å². The standard InChI is InChI=1S/C24H22Cl2F3N3O3/c1-12-16(24(27,28)29)4-6-18-21(12)30-19(31(18)2)11-15-17(25)5-3-14(20(15)26)22(33)32-9-7-13(8-10-32)23(34)35/h3-6,13H,7-11H2,1-2H3,(H,34,35). The number of aromatic nitrogens is 2. The van der Waals surface area contributed by atoms with E-state index < -0.39 is 23.6 Å². The molecule has 2 heterocycles. The smallest absolute Gasteiger partial charge is 0.416 e. The van der Waals surface area contributed by atoms with Gasteiger partial charge in [0.2, 0.25) is 0 Å². The Balaban J connectivity index is 1.66. The summed E-state index contributed by atoms with van der Waals surface area (Å²) in [6.45, 7) is 1.99. The zero-order valence-electron chi connectivity index (χ0n) is 18.9. The third-order valence-corrected chi connectivity index (χ3v) is 7.37. The highest BCUT2D eigenvalue weighted by molar-refractivity contribution is 6.38. The van der Waals surface area contributed by atoms with Gasteiger partial charge in [-0.3, -0.25) is 9.59 Å². The van der Waals surface area contributed by atoms with Gasteiger partial charge in [-0.15, -0.1) is 0 Å². The second-order valence-electron chi connectivity index (χ2n) is 8.66. The molecule has 4 rings (SSSR count). The van der Waals surface area contributed by atoms with Crippen LogP contribution in [0.3, 0.4) is 0 Å². The lowest BCUT2D eigenvalue weighted by molar-refractivity contribution is -0.143. The number of benzene rings is 2. The van der Waals surface area contributed by atoms with Crippen LogP contribution >= 0.6 is 23.2 Å². The molecule has 1 fully saturated rings. The van der Waals surface area contributed by atoms with E-state index in [-0.39, 0.29) is 34.0 Å². The highest BCUT2D eigenvalue weighted by Crippen LogP contribution is 2.36. The van der Waals surface area contributed by atoms with E-state index in [0.717, 1.165) is 6.07 Å². The van der Waals surface area contributed by atoms with Gasteiger partial charge in [0.05, 0.1) is 33.1 Å². The SMILES string of the molecule is Cc1c(C(F)(F)F)ccc2c1nc(Cc1c(Cl)ccc(C(=O)N3CCC(C(=O)O)CC3)c1Cl)n2C. The summed E-state index contributed by atoms with van der Waals surface area (Å²) in [7, 11) is 1.70. The molecular weight excluding hydrogens is 506 g/mol. The maximum absolute atomic E-state index is 13.3. The molecule has 3 aromatic rings. The van der Waals surface area contributed by atoms with E-state index in [4.69, 9.17) is 23.2 Å². The number of carboxylic acid groups (broad SMARTS) is 1. The molecule has 0 atom stereocenters. The molecule has 1 aliphatic rings. The zero-order valence-corrected chi connectivity index (χ0v) is 20.4. The number of carbonyl (C=O) groups is 2. The molecule has 35 heavy (non-hydrogen) atoms. The van der Waals surface area contributed by atoms with Gasteiger partial charge < -0.3 is 14.6 Å². The van der Waals surface area contributed by atoms with Crippen LogP contribution in [0, 0.1) is 12.8 Å². The van der Waals surface area contributed by atoms with Crippen molar-refractivity contribution in [3.63, 3.8) is 0 Å². The van der Waals surface area contributed by atoms with Gasteiger partial charge in [0, 0.05) is 31.6 Å². The number of carboxylic acids is 1. The van der Waals surface area contributed by atoms with Crippen LogP contribution in [0.15, 0.2) is 24.3 Å². The van der Waals surface area contributed by atoms with Gasteiger partial charge in [0.15, 0.2) is 0 Å². The molecule has 0 saturated carbocycles. The quantitative estimate of drug-likeness (QED) is 0.469. The fraction of sp³-hybridized carbons (Fsp3) is 0.375. The van der Waals surface area contributed by atoms with Crippen LogP contribution < -0.4 is 0 Å². The van der Waals surface area contributed by atoms with E-state index in [1.807, 2.05) is 0 Å². The third-order valence-electron chi connectivity index (χ3n) is 6.59. The van der Waals surface area contributed by atoms with Gasteiger partial charge >= 0.3 is 12.1 Å². The number of carbonyl (C=O) groups excluding carboxylic acids is 1. The molecule has 0 bridgehead atoms. The first kappa shape index (κ1) is 25.3. The largest absolute Gasteiger partial charge is 0.481 e. The number of aliphatic carboxylic acids is 1. The topological polar surface area (TPSA) is 75.4 Å². The summed E-state index contributed by atoms with van der Waals surface area (Å²) in [5, 5.41) is 9.62. The van der Waals surface area contributed by atoms with Gasteiger partial charge in [-0.2, -0.15) is 13.2 Å². The normalized spacial score (nSPS) is 15.1. The second kappa shape index (κ2) is 9.35. The van der Waals surface area contributed by atoms with E-state index in [2.05, 4.69) is 4.98 Å². The van der Waals surface area contributed by atoms with Crippen LogP contribution in [-0.2, 0) is 24.4 Å². The lowest BCUT2D eigenvalue weighted by Crippen LogP contribution is -2.40. The molecule has 1 aliphatic heterocycles. The van der Waals surface area contributed by atoms with Crippen molar-refractivity contribution in [2.75, 3.05) is 13.1 Å². The Bertz CT molecular complexity index is 1330. The predicted octanol–water partition coefficient (Wildman–Crippen LogP) is 5.73. The predicted molar refractivity (Wildman–Crippen MR) is 126 cm³/mol. The van der Waals surface area contributed by atoms with Crippen molar-refractivity contribution in [2.45, 2.75) is 32.4 Å². The number of piperidine rings is 1. The van der Waals surface area contributed by atoms with Crippen molar-refractivity contribution in [1.29, 1.82) is 0 Å². The molecular formula is C24H22Cl2F3N3O3. The minimum Gasteiger partial charge on any atom is -0.481 e. The van der Waals surface area contributed by atoms with E-state index in [1.54, 1.807) is 22.6 Å². The highest BCUT2D eigenvalue weighted by atomic mass is 35.5. The van der Waals surface area contributed by atoms with Gasteiger partial charge in [-0.05, 0) is 55.2 Å². The fourth-order valence-electron chi connectivity index (χ4n) is 4.49. The Morgan fingerprint density at radius 3 is 2.40 bits per heavy atom. The van der Waals surface area contributed by atoms with Gasteiger partial charge in [0.1, 0.15) is 5.82 Å². The number of imidazole rings is 1. The fourth-order valence-corrected chi connectivity index (χ4v) is 5.07. The molecule has 1 aromatic heterocycles. The monoisotopic (exact) mass is 527 g/mol. The summed E-state index contributed by atoms with van der Waals surface area (Å²) in [5.41, 5.74) is 0.720. The molecule has 1 N–H and O–H groups in total. The Kier molecular flexibility index (Phi) is 6.76. The number of amides is 1. The lowest BCUT2D eigenvalue weighted by Gasteiger charge is -2.30. The molecule has 11 heteroatoms. The summed E-state index contributed by atoms with van der Waals surface area (Å²) in [4.78, 5) is 30.3. The van der Waals surface area contributed by atoms with Gasteiger partial charge in [-0.1, -0.05) is 23.2 Å². The first-order valence-electron chi connectivity index (χ1n) is 10.9. The molecule has 0 spiro atoms. The number of halogens is 5. The van der Waals surface area contributed by atoms with Crippen LogP contribution in [0.5, 0.6) is 0 Å². The number of hydrogen-bond acceptors (Lipinski definition) is 3. The summed E-state index contributed by atoms with van der Waals surface area (Å²) in [5.74, 6) is -1.23. The average molecular weight is 528 g/mol. The molecule has 0 unspecified atom stereocenters. The Morgan fingerprint density at radius 2 is 1.80 bits per heavy atom. The number of likely N-dealkylation sites (tertiary alicyclic amines) is 1. The van der Waals surface area contributed by atoms with Gasteiger partial charge in [0.25, 0.3) is 5.91 Å². The molecule has 1 amide bonds. The second-order valence-corrected chi connectivity index (χ2v) is 9.44. The summed E-state index contributed by atoms with van der Waals surface area (Å²) in [6.07, 6.45) is -3.67. The van der Waals surface area contributed by atoms with Crippen LogP contribution in [0.25, 0.3) is 11.0 Å². The minimum absolute atomic E-state index is 0.0303. The third kappa shape index (κ3) is 4.71. The lowest BCUT2D eigenvalue weighted by atomic mass is 9.96. The first-order valence-corrected chi connectivity index (χ1v) is 11.7. The maximum Gasteiger partial charge on any atom is 0.416 e. The summed E-state index contributed by atoms with van der Waals surface area (Å²) in [6, 6.07) is 5.49. The zero-order chi connectivity index (χ0) is 25.7. The van der Waals surface area contributed by atoms with Gasteiger partial charge in [-0.25, -0.2) is 4.98 Å². The summed E-state index contributed by atoms with van der Waals surface area (Å²) < 4.78 is 41.7. The number of nitrogens with zero attached hydrogens (tertiary/aromatic N) is 3. The van der Waals surface area contributed by atoms with Crippen molar-refractivity contribution >= 4 is 46.1 Å². The molecule has 6 nitrogen and oxygen atoms in total. The van der Waals surface area contributed by atoms with Crippen LogP contribution in [0.4, 0.5) is 13.2 Å². The number of alkyl halides is 3. The number of rotatable bonds is 4. The minimum atomic E-state index is -4.49. The average Bonchev–Trinajstić information content (AvgIpc) is 3.12. The Labute approximate surface area is 209 Å². The first-order chi connectivity index (χ1) is 16.4. The maximum atomic E-state index is 13.3.